The Bertz CT molecular complexity index is 543. The zero-order valence-electron chi connectivity index (χ0n) is 12.4. The molecule has 0 radical (unpaired) electrons. The van der Waals surface area contributed by atoms with E-state index in [2.05, 4.69) is 32.2 Å². The van der Waals surface area contributed by atoms with E-state index in [1.165, 1.54) is 0 Å². The summed E-state index contributed by atoms with van der Waals surface area (Å²) < 4.78 is 1.96. The van der Waals surface area contributed by atoms with E-state index in [-0.39, 0.29) is 0 Å². The normalized spacial score (nSPS) is 11.1. The monoisotopic (exact) mass is 291 g/mol. The van der Waals surface area contributed by atoms with Crippen LogP contribution in [0.4, 0.5) is 5.82 Å². The highest BCUT2D eigenvalue weighted by Crippen LogP contribution is 2.20. The van der Waals surface area contributed by atoms with Crippen LogP contribution in [0.2, 0.25) is 5.02 Å². The summed E-state index contributed by atoms with van der Waals surface area (Å²) in [5.74, 6) is 1.65. The smallest absolute Gasteiger partial charge is 0.130 e. The third kappa shape index (κ3) is 3.76. The number of halogens is 1. The zero-order chi connectivity index (χ0) is 14.5. The molecular weight excluding hydrogens is 270 g/mol. The molecule has 0 saturated heterocycles. The van der Waals surface area contributed by atoms with Crippen molar-refractivity contribution < 1.29 is 0 Å². The van der Waals surface area contributed by atoms with E-state index >= 15 is 0 Å². The van der Waals surface area contributed by atoms with Gasteiger partial charge in [-0.3, -0.25) is 0 Å². The molecule has 1 N–H and O–H groups in total. The number of nitrogens with one attached hydrogen (secondary N) is 1. The number of aromatic nitrogens is 2. The average molecular weight is 292 g/mol. The summed E-state index contributed by atoms with van der Waals surface area (Å²) in [5, 5.41) is 8.89. The number of hydrogen-bond acceptors (Lipinski definition) is 2. The van der Waals surface area contributed by atoms with Crippen molar-refractivity contribution in [3.63, 3.8) is 0 Å². The molecule has 0 aliphatic heterocycles. The van der Waals surface area contributed by atoms with Crippen LogP contribution in [0.25, 0.3) is 5.69 Å². The topological polar surface area (TPSA) is 29.9 Å². The van der Waals surface area contributed by atoms with E-state index in [1.807, 2.05) is 28.9 Å². The van der Waals surface area contributed by atoms with E-state index in [9.17, 15) is 0 Å². The van der Waals surface area contributed by atoms with Gasteiger partial charge in [-0.25, -0.2) is 4.68 Å². The van der Waals surface area contributed by atoms with Gasteiger partial charge in [0.2, 0.25) is 0 Å². The number of nitrogens with zero attached hydrogens (tertiary/aromatic N) is 2. The largest absolute Gasteiger partial charge is 0.370 e. The lowest BCUT2D eigenvalue weighted by molar-refractivity contribution is 0.628. The Balaban J connectivity index is 2.32. The molecule has 0 saturated carbocycles. The van der Waals surface area contributed by atoms with Crippen LogP contribution in [0.5, 0.6) is 0 Å². The molecule has 4 heteroatoms. The van der Waals surface area contributed by atoms with Gasteiger partial charge in [0.15, 0.2) is 0 Å². The van der Waals surface area contributed by atoms with Crippen molar-refractivity contribution in [2.24, 2.45) is 5.92 Å². The van der Waals surface area contributed by atoms with Crippen molar-refractivity contribution in [2.45, 2.75) is 33.6 Å². The molecule has 108 valence electrons. The Hall–Kier alpha value is -1.48. The van der Waals surface area contributed by atoms with Gasteiger partial charge in [-0.15, -0.1) is 0 Å². The van der Waals surface area contributed by atoms with Crippen LogP contribution in [-0.2, 0) is 6.42 Å². The van der Waals surface area contributed by atoms with Crippen LogP contribution in [0.1, 0.15) is 32.9 Å². The Morgan fingerprint density at radius 3 is 2.55 bits per heavy atom. The molecule has 0 unspecified atom stereocenters. The average Bonchev–Trinajstić information content (AvgIpc) is 2.79. The Kier molecular flexibility index (Phi) is 5.07. The molecule has 0 atom stereocenters. The van der Waals surface area contributed by atoms with Crippen molar-refractivity contribution in [2.75, 3.05) is 11.9 Å². The van der Waals surface area contributed by atoms with E-state index < -0.39 is 0 Å². The Labute approximate surface area is 126 Å². The van der Waals surface area contributed by atoms with Crippen LogP contribution in [-0.4, -0.2) is 16.3 Å². The molecule has 2 aromatic rings. The summed E-state index contributed by atoms with van der Waals surface area (Å²) in [6, 6.07) is 9.91. The molecule has 0 bridgehead atoms. The van der Waals surface area contributed by atoms with Gasteiger partial charge < -0.3 is 5.32 Å². The maximum atomic E-state index is 5.95. The lowest BCUT2D eigenvalue weighted by atomic mass is 10.1. The van der Waals surface area contributed by atoms with Gasteiger partial charge in [0.25, 0.3) is 0 Å². The molecule has 2 rings (SSSR count). The van der Waals surface area contributed by atoms with Crippen LogP contribution in [0.3, 0.4) is 0 Å². The first-order chi connectivity index (χ1) is 9.60. The summed E-state index contributed by atoms with van der Waals surface area (Å²) in [6.45, 7) is 7.52. The Morgan fingerprint density at radius 2 is 1.95 bits per heavy atom. The fourth-order valence-corrected chi connectivity index (χ4v) is 2.23. The lowest BCUT2D eigenvalue weighted by Gasteiger charge is -2.08. The number of hydrogen-bond donors (Lipinski definition) is 1. The molecule has 20 heavy (non-hydrogen) atoms. The van der Waals surface area contributed by atoms with Crippen molar-refractivity contribution in [1.82, 2.24) is 9.78 Å². The fraction of sp³-hybridized carbons (Fsp3) is 0.438. The summed E-state index contributed by atoms with van der Waals surface area (Å²) in [6.07, 6.45) is 2.08. The second-order valence-electron chi connectivity index (χ2n) is 5.43. The first-order valence-corrected chi connectivity index (χ1v) is 7.56. The quantitative estimate of drug-likeness (QED) is 0.846. The van der Waals surface area contributed by atoms with Crippen molar-refractivity contribution in [1.29, 1.82) is 0 Å². The molecule has 0 amide bonds. The van der Waals surface area contributed by atoms with Gasteiger partial charge in [0.1, 0.15) is 5.82 Å². The van der Waals surface area contributed by atoms with Crippen LogP contribution >= 0.6 is 11.6 Å². The van der Waals surface area contributed by atoms with Gasteiger partial charge in [0.05, 0.1) is 11.4 Å². The predicted octanol–water partition coefficient (Wildman–Crippen LogP) is 4.55. The lowest BCUT2D eigenvalue weighted by Crippen LogP contribution is -2.07. The van der Waals surface area contributed by atoms with Crippen molar-refractivity contribution >= 4 is 17.4 Å². The predicted molar refractivity (Wildman–Crippen MR) is 85.9 cm³/mol. The van der Waals surface area contributed by atoms with E-state index in [4.69, 9.17) is 16.7 Å². The SMILES string of the molecule is CCCNc1cc(CC(C)C)nn1-c1ccc(Cl)cc1. The molecule has 0 aliphatic carbocycles. The minimum absolute atomic E-state index is 0.600. The van der Waals surface area contributed by atoms with Crippen molar-refractivity contribution in [3.8, 4) is 5.69 Å². The van der Waals surface area contributed by atoms with Crippen LogP contribution in [0.15, 0.2) is 30.3 Å². The third-order valence-corrected chi connectivity index (χ3v) is 3.26. The van der Waals surface area contributed by atoms with Crippen molar-refractivity contribution in [3.05, 3.63) is 41.0 Å². The summed E-state index contributed by atoms with van der Waals surface area (Å²) in [4.78, 5) is 0. The van der Waals surface area contributed by atoms with Gasteiger partial charge >= 0.3 is 0 Å². The minimum Gasteiger partial charge on any atom is -0.370 e. The number of anilines is 1. The fourth-order valence-electron chi connectivity index (χ4n) is 2.11. The first kappa shape index (κ1) is 14.9. The number of rotatable bonds is 6. The van der Waals surface area contributed by atoms with E-state index in [0.717, 1.165) is 41.6 Å². The molecule has 0 fully saturated rings. The molecule has 1 heterocycles. The second kappa shape index (κ2) is 6.80. The van der Waals surface area contributed by atoms with Gasteiger partial charge in [-0.2, -0.15) is 5.10 Å². The highest BCUT2D eigenvalue weighted by atomic mass is 35.5. The standard InChI is InChI=1S/C16H22ClN3/c1-4-9-18-16-11-14(10-12(2)3)19-20(16)15-7-5-13(17)6-8-15/h5-8,11-12,18H,4,9-10H2,1-3H3. The third-order valence-electron chi connectivity index (χ3n) is 3.00. The molecular formula is C16H22ClN3. The summed E-state index contributed by atoms with van der Waals surface area (Å²) in [7, 11) is 0. The van der Waals surface area contributed by atoms with Crippen LogP contribution in [0, 0.1) is 5.92 Å². The van der Waals surface area contributed by atoms with Gasteiger partial charge in [-0.05, 0) is 43.0 Å². The van der Waals surface area contributed by atoms with Gasteiger partial charge in [0, 0.05) is 17.6 Å². The highest BCUT2D eigenvalue weighted by molar-refractivity contribution is 6.30. The molecule has 3 nitrogen and oxygen atoms in total. The molecule has 1 aromatic carbocycles. The maximum absolute atomic E-state index is 5.95. The maximum Gasteiger partial charge on any atom is 0.130 e. The van der Waals surface area contributed by atoms with Gasteiger partial charge in [-0.1, -0.05) is 32.4 Å². The summed E-state index contributed by atoms with van der Waals surface area (Å²) >= 11 is 5.95. The van der Waals surface area contributed by atoms with Crippen LogP contribution < -0.4 is 5.32 Å². The second-order valence-corrected chi connectivity index (χ2v) is 5.87. The summed E-state index contributed by atoms with van der Waals surface area (Å²) in [5.41, 5.74) is 2.15. The van der Waals surface area contributed by atoms with E-state index in [1.54, 1.807) is 0 Å². The Morgan fingerprint density at radius 1 is 1.25 bits per heavy atom. The molecule has 0 spiro atoms. The minimum atomic E-state index is 0.600. The first-order valence-electron chi connectivity index (χ1n) is 7.19. The molecule has 1 aromatic heterocycles. The van der Waals surface area contributed by atoms with E-state index in [0.29, 0.717) is 5.92 Å². The highest BCUT2D eigenvalue weighted by Gasteiger charge is 2.10. The molecule has 0 aliphatic rings. The number of benzene rings is 1. The zero-order valence-corrected chi connectivity index (χ0v) is 13.1.